The molecule has 2 rings (SSSR count). The summed E-state index contributed by atoms with van der Waals surface area (Å²) < 4.78 is 0.819. The van der Waals surface area contributed by atoms with E-state index < -0.39 is 0 Å². The molecule has 1 aromatic carbocycles. The van der Waals surface area contributed by atoms with Gasteiger partial charge in [-0.3, -0.25) is 0 Å². The molecule has 1 aromatic heterocycles. The standard InChI is InChI=1S/C14H17ClN2S/c1-17(2)11-5-3-4-10(8-11)13(16)9-12-6-7-14(15)18-12/h3-8,13H,9,16H2,1-2H3. The molecule has 0 radical (unpaired) electrons. The van der Waals surface area contributed by atoms with Crippen LogP contribution in [0.5, 0.6) is 0 Å². The number of thiophene rings is 1. The fourth-order valence-corrected chi connectivity index (χ4v) is 2.98. The van der Waals surface area contributed by atoms with Gasteiger partial charge in [0.2, 0.25) is 0 Å². The lowest BCUT2D eigenvalue weighted by atomic mass is 10.0. The van der Waals surface area contributed by atoms with Gasteiger partial charge in [-0.05, 0) is 29.8 Å². The van der Waals surface area contributed by atoms with Gasteiger partial charge >= 0.3 is 0 Å². The second kappa shape index (κ2) is 5.74. The van der Waals surface area contributed by atoms with Gasteiger partial charge in [-0.2, -0.15) is 0 Å². The van der Waals surface area contributed by atoms with Crippen LogP contribution >= 0.6 is 22.9 Å². The van der Waals surface area contributed by atoms with E-state index in [4.69, 9.17) is 17.3 Å². The number of hydrogen-bond acceptors (Lipinski definition) is 3. The van der Waals surface area contributed by atoms with Crippen LogP contribution in [0.1, 0.15) is 16.5 Å². The maximum Gasteiger partial charge on any atom is 0.0931 e. The van der Waals surface area contributed by atoms with Gasteiger partial charge in [0.05, 0.1) is 4.34 Å². The van der Waals surface area contributed by atoms with Gasteiger partial charge < -0.3 is 10.6 Å². The quantitative estimate of drug-likeness (QED) is 0.925. The fourth-order valence-electron chi connectivity index (χ4n) is 1.83. The molecule has 4 heteroatoms. The average molecular weight is 281 g/mol. The van der Waals surface area contributed by atoms with Crippen molar-refractivity contribution in [3.8, 4) is 0 Å². The monoisotopic (exact) mass is 280 g/mol. The third-order valence-electron chi connectivity index (χ3n) is 2.86. The number of hydrogen-bond donors (Lipinski definition) is 1. The summed E-state index contributed by atoms with van der Waals surface area (Å²) >= 11 is 7.52. The smallest absolute Gasteiger partial charge is 0.0931 e. The Bertz CT molecular complexity index is 522. The molecule has 0 aliphatic carbocycles. The van der Waals surface area contributed by atoms with Gasteiger partial charge in [0, 0.05) is 37.1 Å². The summed E-state index contributed by atoms with van der Waals surface area (Å²) in [5, 5.41) is 0. The molecule has 0 spiro atoms. The van der Waals surface area contributed by atoms with E-state index in [-0.39, 0.29) is 6.04 Å². The molecule has 2 aromatic rings. The van der Waals surface area contributed by atoms with Crippen molar-refractivity contribution < 1.29 is 0 Å². The Morgan fingerprint density at radius 1 is 1.28 bits per heavy atom. The summed E-state index contributed by atoms with van der Waals surface area (Å²) in [6, 6.07) is 12.3. The van der Waals surface area contributed by atoms with E-state index in [1.54, 1.807) is 11.3 Å². The highest BCUT2D eigenvalue weighted by atomic mass is 35.5. The lowest BCUT2D eigenvalue weighted by Gasteiger charge is -2.16. The lowest BCUT2D eigenvalue weighted by Crippen LogP contribution is -2.14. The van der Waals surface area contributed by atoms with E-state index in [0.29, 0.717) is 0 Å². The molecule has 96 valence electrons. The van der Waals surface area contributed by atoms with Gasteiger partial charge in [-0.25, -0.2) is 0 Å². The summed E-state index contributed by atoms with van der Waals surface area (Å²) in [6.45, 7) is 0. The van der Waals surface area contributed by atoms with Gasteiger partial charge in [-0.15, -0.1) is 11.3 Å². The van der Waals surface area contributed by atoms with Crippen LogP contribution in [0.4, 0.5) is 5.69 Å². The molecule has 18 heavy (non-hydrogen) atoms. The van der Waals surface area contributed by atoms with Crippen LogP contribution in [-0.4, -0.2) is 14.1 Å². The first-order valence-corrected chi connectivity index (χ1v) is 7.03. The molecular formula is C14H17ClN2S. The Labute approximate surface area is 117 Å². The largest absolute Gasteiger partial charge is 0.378 e. The highest BCUT2D eigenvalue weighted by molar-refractivity contribution is 7.16. The number of benzene rings is 1. The number of nitrogens with two attached hydrogens (primary N) is 1. The third kappa shape index (κ3) is 3.25. The first-order chi connectivity index (χ1) is 8.56. The Morgan fingerprint density at radius 3 is 2.67 bits per heavy atom. The molecule has 1 heterocycles. The van der Waals surface area contributed by atoms with Crippen molar-refractivity contribution in [1.29, 1.82) is 0 Å². The van der Waals surface area contributed by atoms with Crippen LogP contribution in [-0.2, 0) is 6.42 Å². The highest BCUT2D eigenvalue weighted by Crippen LogP contribution is 2.26. The Kier molecular flexibility index (Phi) is 4.27. The molecule has 0 aliphatic rings. The predicted octanol–water partition coefficient (Wildman–Crippen LogP) is 3.71. The first-order valence-electron chi connectivity index (χ1n) is 5.83. The topological polar surface area (TPSA) is 29.3 Å². The molecule has 0 saturated heterocycles. The third-order valence-corrected chi connectivity index (χ3v) is 4.12. The van der Waals surface area contributed by atoms with E-state index in [1.165, 1.54) is 10.6 Å². The van der Waals surface area contributed by atoms with Crippen molar-refractivity contribution in [2.75, 3.05) is 19.0 Å². The van der Waals surface area contributed by atoms with Crippen molar-refractivity contribution in [3.05, 3.63) is 51.2 Å². The summed E-state index contributed by atoms with van der Waals surface area (Å²) in [7, 11) is 4.06. The predicted molar refractivity (Wildman–Crippen MR) is 80.7 cm³/mol. The normalized spacial score (nSPS) is 12.4. The lowest BCUT2D eigenvalue weighted by molar-refractivity contribution is 0.730. The maximum atomic E-state index is 6.25. The number of rotatable bonds is 4. The minimum absolute atomic E-state index is 0.0135. The van der Waals surface area contributed by atoms with Crippen molar-refractivity contribution >= 4 is 28.6 Å². The van der Waals surface area contributed by atoms with E-state index in [1.807, 2.05) is 32.3 Å². The average Bonchev–Trinajstić information content (AvgIpc) is 2.75. The van der Waals surface area contributed by atoms with Crippen molar-refractivity contribution in [2.24, 2.45) is 5.73 Å². The van der Waals surface area contributed by atoms with Crippen LogP contribution in [0.2, 0.25) is 4.34 Å². The van der Waals surface area contributed by atoms with Gasteiger partial charge in [0.1, 0.15) is 0 Å². The molecular weight excluding hydrogens is 264 g/mol. The number of anilines is 1. The van der Waals surface area contributed by atoms with Crippen LogP contribution in [0.15, 0.2) is 36.4 Å². The summed E-state index contributed by atoms with van der Waals surface area (Å²) in [6.07, 6.45) is 0.828. The summed E-state index contributed by atoms with van der Waals surface area (Å²) in [5.74, 6) is 0. The minimum atomic E-state index is 0.0135. The number of nitrogens with zero attached hydrogens (tertiary/aromatic N) is 1. The van der Waals surface area contributed by atoms with E-state index in [2.05, 4.69) is 23.1 Å². The molecule has 1 atom stereocenters. The first kappa shape index (κ1) is 13.4. The summed E-state index contributed by atoms with van der Waals surface area (Å²) in [5.41, 5.74) is 8.58. The van der Waals surface area contributed by atoms with Crippen LogP contribution in [0.3, 0.4) is 0 Å². The maximum absolute atomic E-state index is 6.25. The van der Waals surface area contributed by atoms with E-state index in [9.17, 15) is 0 Å². The van der Waals surface area contributed by atoms with Crippen LogP contribution in [0, 0.1) is 0 Å². The highest BCUT2D eigenvalue weighted by Gasteiger charge is 2.09. The molecule has 1 unspecified atom stereocenters. The molecule has 0 aliphatic heterocycles. The van der Waals surface area contributed by atoms with Crippen molar-refractivity contribution in [1.82, 2.24) is 0 Å². The second-order valence-electron chi connectivity index (χ2n) is 4.51. The molecule has 2 N–H and O–H groups in total. The van der Waals surface area contributed by atoms with Crippen molar-refractivity contribution in [3.63, 3.8) is 0 Å². The van der Waals surface area contributed by atoms with Gasteiger partial charge in [0.25, 0.3) is 0 Å². The van der Waals surface area contributed by atoms with Crippen LogP contribution in [0.25, 0.3) is 0 Å². The molecule has 0 bridgehead atoms. The minimum Gasteiger partial charge on any atom is -0.378 e. The van der Waals surface area contributed by atoms with Gasteiger partial charge in [-0.1, -0.05) is 23.7 Å². The zero-order valence-corrected chi connectivity index (χ0v) is 12.1. The molecule has 0 saturated carbocycles. The van der Waals surface area contributed by atoms with Gasteiger partial charge in [0.15, 0.2) is 0 Å². The molecule has 2 nitrogen and oxygen atoms in total. The Hall–Kier alpha value is -1.03. The molecule has 0 fully saturated rings. The second-order valence-corrected chi connectivity index (χ2v) is 6.31. The number of halogens is 1. The van der Waals surface area contributed by atoms with Crippen LogP contribution < -0.4 is 10.6 Å². The Morgan fingerprint density at radius 2 is 2.06 bits per heavy atom. The van der Waals surface area contributed by atoms with E-state index in [0.717, 1.165) is 16.3 Å². The zero-order chi connectivity index (χ0) is 13.1. The van der Waals surface area contributed by atoms with Crippen molar-refractivity contribution in [2.45, 2.75) is 12.5 Å². The Balaban J connectivity index is 2.13. The molecule has 0 amide bonds. The SMILES string of the molecule is CN(C)c1cccc(C(N)Cc2ccc(Cl)s2)c1. The summed E-state index contributed by atoms with van der Waals surface area (Å²) in [4.78, 5) is 3.31. The zero-order valence-electron chi connectivity index (χ0n) is 10.6. The van der Waals surface area contributed by atoms with E-state index >= 15 is 0 Å². The fraction of sp³-hybridized carbons (Fsp3) is 0.286.